The Morgan fingerprint density at radius 1 is 1.33 bits per heavy atom. The third kappa shape index (κ3) is 3.27. The Balaban J connectivity index is 2.28. The number of ether oxygens (including phenoxy) is 2. The molecule has 1 fully saturated rings. The van der Waals surface area contributed by atoms with Crippen molar-refractivity contribution in [2.24, 2.45) is 0 Å². The largest absolute Gasteiger partial charge is 0.489 e. The normalized spacial score (nSPS) is 15.9. The molecule has 0 atom stereocenters. The van der Waals surface area contributed by atoms with Gasteiger partial charge in [-0.2, -0.15) is 13.2 Å². The molecule has 0 spiro atoms. The molecular weight excluding hydrogens is 247 g/mol. The van der Waals surface area contributed by atoms with Gasteiger partial charge in [-0.25, -0.2) is 4.98 Å². The quantitative estimate of drug-likeness (QED) is 0.832. The Morgan fingerprint density at radius 3 is 2.50 bits per heavy atom. The highest BCUT2D eigenvalue weighted by Crippen LogP contribution is 2.38. The number of rotatable bonds is 4. The topological polar surface area (TPSA) is 31.4 Å². The number of nitrogens with zero attached hydrogens (tertiary/aromatic N) is 1. The number of aromatic nitrogens is 1. The summed E-state index contributed by atoms with van der Waals surface area (Å²) in [4.78, 5) is 3.70. The van der Waals surface area contributed by atoms with Crippen LogP contribution in [0, 0.1) is 0 Å². The van der Waals surface area contributed by atoms with Crippen molar-refractivity contribution in [2.45, 2.75) is 45.1 Å². The van der Waals surface area contributed by atoms with Gasteiger partial charge in [-0.15, -0.1) is 0 Å². The molecule has 1 aliphatic carbocycles. The van der Waals surface area contributed by atoms with E-state index >= 15 is 0 Å². The fraction of sp³-hybridized carbons (Fsp3) is 0.583. The molecule has 1 saturated carbocycles. The van der Waals surface area contributed by atoms with Gasteiger partial charge >= 0.3 is 6.18 Å². The summed E-state index contributed by atoms with van der Waals surface area (Å²) in [7, 11) is 0. The van der Waals surface area contributed by atoms with Crippen molar-refractivity contribution in [3.63, 3.8) is 0 Å². The zero-order valence-corrected chi connectivity index (χ0v) is 10.1. The predicted octanol–water partition coefficient (Wildman–Crippen LogP) is 3.43. The van der Waals surface area contributed by atoms with Crippen molar-refractivity contribution in [2.75, 3.05) is 0 Å². The van der Waals surface area contributed by atoms with Crippen LogP contribution in [-0.2, 0) is 6.18 Å². The maximum atomic E-state index is 12.9. The summed E-state index contributed by atoms with van der Waals surface area (Å²) in [6, 6.07) is 0.947. The monoisotopic (exact) mass is 261 g/mol. The number of hydrogen-bond donors (Lipinski definition) is 0. The zero-order chi connectivity index (χ0) is 13.3. The highest BCUT2D eigenvalue weighted by atomic mass is 19.4. The van der Waals surface area contributed by atoms with Crippen LogP contribution in [0.2, 0.25) is 0 Å². The molecule has 0 radical (unpaired) electrons. The first kappa shape index (κ1) is 13.0. The summed E-state index contributed by atoms with van der Waals surface area (Å²) >= 11 is 0. The molecule has 2 rings (SSSR count). The van der Waals surface area contributed by atoms with Gasteiger partial charge in [0.25, 0.3) is 0 Å². The number of pyridine rings is 1. The molecule has 0 aliphatic heterocycles. The molecule has 0 unspecified atom stereocenters. The van der Waals surface area contributed by atoms with Gasteiger partial charge < -0.3 is 9.47 Å². The summed E-state index contributed by atoms with van der Waals surface area (Å²) in [5, 5.41) is 0. The van der Waals surface area contributed by atoms with Crippen LogP contribution in [0.3, 0.4) is 0 Å². The van der Waals surface area contributed by atoms with E-state index in [1.54, 1.807) is 13.8 Å². The van der Waals surface area contributed by atoms with E-state index in [1.165, 1.54) is 6.20 Å². The van der Waals surface area contributed by atoms with E-state index in [2.05, 4.69) is 4.98 Å². The standard InChI is InChI=1S/C12H14F3NO2/c1-7(2)17-11-10(12(13,14)15)5-9(6-16-11)18-8-3-4-8/h5-8H,3-4H2,1-2H3. The highest BCUT2D eigenvalue weighted by Gasteiger charge is 2.36. The molecule has 6 heteroatoms. The van der Waals surface area contributed by atoms with Crippen LogP contribution in [0.1, 0.15) is 32.3 Å². The van der Waals surface area contributed by atoms with Gasteiger partial charge in [0.2, 0.25) is 5.88 Å². The van der Waals surface area contributed by atoms with Crippen LogP contribution in [0.4, 0.5) is 13.2 Å². The number of halogens is 3. The molecule has 18 heavy (non-hydrogen) atoms. The molecule has 0 bridgehead atoms. The van der Waals surface area contributed by atoms with Crippen LogP contribution in [0.15, 0.2) is 12.3 Å². The molecular formula is C12H14F3NO2. The Bertz CT molecular complexity index is 428. The number of hydrogen-bond acceptors (Lipinski definition) is 3. The summed E-state index contributed by atoms with van der Waals surface area (Å²) < 4.78 is 48.9. The van der Waals surface area contributed by atoms with Gasteiger partial charge in [0.1, 0.15) is 11.3 Å². The lowest BCUT2D eigenvalue weighted by Gasteiger charge is -2.16. The van der Waals surface area contributed by atoms with Crippen LogP contribution >= 0.6 is 0 Å². The van der Waals surface area contributed by atoms with E-state index in [1.807, 2.05) is 0 Å². The molecule has 1 aromatic rings. The Morgan fingerprint density at radius 2 is 2.00 bits per heavy atom. The Kier molecular flexibility index (Phi) is 3.36. The van der Waals surface area contributed by atoms with E-state index in [-0.39, 0.29) is 18.0 Å². The van der Waals surface area contributed by atoms with E-state index in [9.17, 15) is 13.2 Å². The predicted molar refractivity (Wildman–Crippen MR) is 58.7 cm³/mol. The fourth-order valence-corrected chi connectivity index (χ4v) is 1.40. The molecule has 1 aromatic heterocycles. The first-order valence-electron chi connectivity index (χ1n) is 5.77. The van der Waals surface area contributed by atoms with Gasteiger partial charge in [-0.3, -0.25) is 0 Å². The van der Waals surface area contributed by atoms with Crippen LogP contribution in [0.5, 0.6) is 11.6 Å². The summed E-state index contributed by atoms with van der Waals surface area (Å²) in [5.74, 6) is -0.262. The first-order chi connectivity index (χ1) is 8.36. The van der Waals surface area contributed by atoms with Crippen molar-refractivity contribution in [1.29, 1.82) is 0 Å². The van der Waals surface area contributed by atoms with Crippen molar-refractivity contribution in [1.82, 2.24) is 4.98 Å². The Hall–Kier alpha value is -1.46. The maximum absolute atomic E-state index is 12.9. The minimum atomic E-state index is -4.50. The third-order valence-corrected chi connectivity index (χ3v) is 2.31. The van der Waals surface area contributed by atoms with E-state index < -0.39 is 17.6 Å². The molecule has 0 saturated heterocycles. The second-order valence-electron chi connectivity index (χ2n) is 4.51. The van der Waals surface area contributed by atoms with Gasteiger partial charge in [0, 0.05) is 0 Å². The van der Waals surface area contributed by atoms with Gasteiger partial charge in [0.15, 0.2) is 0 Å². The maximum Gasteiger partial charge on any atom is 0.421 e. The minimum Gasteiger partial charge on any atom is -0.489 e. The lowest BCUT2D eigenvalue weighted by Crippen LogP contribution is -2.14. The van der Waals surface area contributed by atoms with Gasteiger partial charge in [-0.1, -0.05) is 0 Å². The molecule has 0 aromatic carbocycles. The van der Waals surface area contributed by atoms with Gasteiger partial charge in [0.05, 0.1) is 18.4 Å². The molecule has 0 amide bonds. The molecule has 100 valence electrons. The second-order valence-corrected chi connectivity index (χ2v) is 4.51. The van der Waals surface area contributed by atoms with Crippen molar-refractivity contribution in [3.05, 3.63) is 17.8 Å². The van der Waals surface area contributed by atoms with E-state index in [4.69, 9.17) is 9.47 Å². The average Bonchev–Trinajstić information content (AvgIpc) is 3.02. The first-order valence-corrected chi connectivity index (χ1v) is 5.77. The van der Waals surface area contributed by atoms with Crippen LogP contribution < -0.4 is 9.47 Å². The highest BCUT2D eigenvalue weighted by molar-refractivity contribution is 5.36. The van der Waals surface area contributed by atoms with Crippen molar-refractivity contribution >= 4 is 0 Å². The van der Waals surface area contributed by atoms with Crippen molar-refractivity contribution in [3.8, 4) is 11.6 Å². The van der Waals surface area contributed by atoms with E-state index in [0.717, 1.165) is 18.9 Å². The smallest absolute Gasteiger partial charge is 0.421 e. The van der Waals surface area contributed by atoms with Crippen molar-refractivity contribution < 1.29 is 22.6 Å². The Labute approximate surface area is 103 Å². The summed E-state index contributed by atoms with van der Waals surface area (Å²) in [5.41, 5.74) is -0.894. The molecule has 3 nitrogen and oxygen atoms in total. The lowest BCUT2D eigenvalue weighted by atomic mass is 10.2. The molecule has 1 aliphatic rings. The summed E-state index contributed by atoms with van der Waals surface area (Å²) in [6.07, 6.45) is -1.80. The molecule has 1 heterocycles. The number of alkyl halides is 3. The third-order valence-electron chi connectivity index (χ3n) is 2.31. The average molecular weight is 261 g/mol. The van der Waals surface area contributed by atoms with Crippen LogP contribution in [0.25, 0.3) is 0 Å². The fourth-order valence-electron chi connectivity index (χ4n) is 1.40. The lowest BCUT2D eigenvalue weighted by molar-refractivity contribution is -0.139. The summed E-state index contributed by atoms with van der Waals surface area (Å²) in [6.45, 7) is 3.30. The zero-order valence-electron chi connectivity index (χ0n) is 10.1. The SMILES string of the molecule is CC(C)Oc1ncc(OC2CC2)cc1C(F)(F)F. The van der Waals surface area contributed by atoms with Crippen LogP contribution in [-0.4, -0.2) is 17.2 Å². The minimum absolute atomic E-state index is 0.0322. The second kappa shape index (κ2) is 4.66. The van der Waals surface area contributed by atoms with Gasteiger partial charge in [-0.05, 0) is 32.8 Å². The molecule has 0 N–H and O–H groups in total. The van der Waals surface area contributed by atoms with E-state index in [0.29, 0.717) is 0 Å².